The molecule has 0 bridgehead atoms. The molecule has 2 rings (SSSR count). The smallest absolute Gasteiger partial charge is 0.313 e. The summed E-state index contributed by atoms with van der Waals surface area (Å²) in [6, 6.07) is 5.31. The van der Waals surface area contributed by atoms with E-state index in [-0.39, 0.29) is 0 Å². The van der Waals surface area contributed by atoms with Crippen molar-refractivity contribution in [1.29, 1.82) is 0 Å². The van der Waals surface area contributed by atoms with Crippen LogP contribution < -0.4 is 0 Å². The lowest BCUT2D eigenvalue weighted by Gasteiger charge is -2.03. The standard InChI is InChI=1S/C14H14O4/c1-18-13(16)8-12(15)14(17)11-6-5-9-3-2-4-10(9)7-11/h5-7H,2-4,8H2,1H3. The molecule has 18 heavy (non-hydrogen) atoms. The predicted octanol–water partition coefficient (Wildman–Crippen LogP) is 1.49. The number of aryl methyl sites for hydroxylation is 2. The average molecular weight is 246 g/mol. The SMILES string of the molecule is COC(=O)CC(=O)C(=O)c1ccc2c(c1)CCC2. The molecule has 0 aromatic heterocycles. The monoisotopic (exact) mass is 246 g/mol. The molecule has 0 atom stereocenters. The zero-order valence-corrected chi connectivity index (χ0v) is 10.2. The number of fused-ring (bicyclic) bond motifs is 1. The number of hydrogen-bond acceptors (Lipinski definition) is 4. The molecule has 0 spiro atoms. The molecule has 0 saturated carbocycles. The minimum Gasteiger partial charge on any atom is -0.469 e. The fourth-order valence-corrected chi connectivity index (χ4v) is 2.16. The molecule has 1 aliphatic carbocycles. The Morgan fingerprint density at radius 1 is 1.17 bits per heavy atom. The van der Waals surface area contributed by atoms with E-state index < -0.39 is 24.0 Å². The highest BCUT2D eigenvalue weighted by molar-refractivity contribution is 6.45. The summed E-state index contributed by atoms with van der Waals surface area (Å²) in [4.78, 5) is 34.4. The number of esters is 1. The van der Waals surface area contributed by atoms with E-state index >= 15 is 0 Å². The number of Topliss-reactive ketones (excluding diaryl/α,β-unsaturated/α-hetero) is 2. The molecule has 4 nitrogen and oxygen atoms in total. The molecular weight excluding hydrogens is 232 g/mol. The summed E-state index contributed by atoms with van der Waals surface area (Å²) in [5, 5.41) is 0. The second kappa shape index (κ2) is 5.12. The zero-order chi connectivity index (χ0) is 13.1. The Hall–Kier alpha value is -1.97. The number of benzene rings is 1. The minimum atomic E-state index is -0.722. The molecule has 0 aliphatic heterocycles. The second-order valence-electron chi connectivity index (χ2n) is 4.34. The summed E-state index contributed by atoms with van der Waals surface area (Å²) in [5.74, 6) is -2.02. The summed E-state index contributed by atoms with van der Waals surface area (Å²) < 4.78 is 4.37. The topological polar surface area (TPSA) is 60.4 Å². The molecule has 0 unspecified atom stereocenters. The number of ketones is 2. The van der Waals surface area contributed by atoms with Gasteiger partial charge in [-0.3, -0.25) is 14.4 Å². The van der Waals surface area contributed by atoms with Crippen molar-refractivity contribution in [2.45, 2.75) is 25.7 Å². The van der Waals surface area contributed by atoms with Crippen LogP contribution in [0.1, 0.15) is 34.3 Å². The van der Waals surface area contributed by atoms with Crippen molar-refractivity contribution in [2.75, 3.05) is 7.11 Å². The Balaban J connectivity index is 2.14. The lowest BCUT2D eigenvalue weighted by atomic mass is 10.0. The van der Waals surface area contributed by atoms with Crippen molar-refractivity contribution in [3.05, 3.63) is 34.9 Å². The lowest BCUT2D eigenvalue weighted by Crippen LogP contribution is -2.19. The highest BCUT2D eigenvalue weighted by atomic mass is 16.5. The summed E-state index contributed by atoms with van der Waals surface area (Å²) in [6.45, 7) is 0. The molecule has 0 amide bonds. The number of carbonyl (C=O) groups is 3. The third-order valence-corrected chi connectivity index (χ3v) is 3.15. The van der Waals surface area contributed by atoms with Gasteiger partial charge in [-0.15, -0.1) is 0 Å². The summed E-state index contributed by atoms with van der Waals surface area (Å²) >= 11 is 0. The van der Waals surface area contributed by atoms with Crippen LogP contribution in [0, 0.1) is 0 Å². The van der Waals surface area contributed by atoms with E-state index in [0.29, 0.717) is 5.56 Å². The predicted molar refractivity (Wildman–Crippen MR) is 64.4 cm³/mol. The molecule has 0 saturated heterocycles. The molecule has 1 aliphatic rings. The third-order valence-electron chi connectivity index (χ3n) is 3.15. The van der Waals surface area contributed by atoms with Crippen molar-refractivity contribution in [3.8, 4) is 0 Å². The maximum Gasteiger partial charge on any atom is 0.313 e. The van der Waals surface area contributed by atoms with Gasteiger partial charge in [-0.05, 0) is 36.5 Å². The zero-order valence-electron chi connectivity index (χ0n) is 10.2. The van der Waals surface area contributed by atoms with Crippen LogP contribution in [0.15, 0.2) is 18.2 Å². The van der Waals surface area contributed by atoms with Crippen molar-refractivity contribution in [1.82, 2.24) is 0 Å². The van der Waals surface area contributed by atoms with Crippen LogP contribution in [0.5, 0.6) is 0 Å². The Bertz CT molecular complexity index is 517. The molecular formula is C14H14O4. The molecule has 4 heteroatoms. The van der Waals surface area contributed by atoms with Gasteiger partial charge in [0.15, 0.2) is 0 Å². The van der Waals surface area contributed by atoms with E-state index in [4.69, 9.17) is 0 Å². The van der Waals surface area contributed by atoms with E-state index in [9.17, 15) is 14.4 Å². The Labute approximate surface area is 105 Å². The van der Waals surface area contributed by atoms with Gasteiger partial charge in [-0.2, -0.15) is 0 Å². The van der Waals surface area contributed by atoms with Gasteiger partial charge in [-0.25, -0.2) is 0 Å². The van der Waals surface area contributed by atoms with Crippen molar-refractivity contribution in [2.24, 2.45) is 0 Å². The normalized spacial score (nSPS) is 12.9. The maximum atomic E-state index is 11.8. The van der Waals surface area contributed by atoms with Crippen LogP contribution in [-0.4, -0.2) is 24.6 Å². The van der Waals surface area contributed by atoms with E-state index in [1.165, 1.54) is 12.7 Å². The molecule has 1 aromatic carbocycles. The first-order valence-corrected chi connectivity index (χ1v) is 5.88. The van der Waals surface area contributed by atoms with Crippen LogP contribution in [-0.2, 0) is 27.2 Å². The highest BCUT2D eigenvalue weighted by Crippen LogP contribution is 2.23. The summed E-state index contributed by atoms with van der Waals surface area (Å²) in [5.41, 5.74) is 2.74. The first kappa shape index (κ1) is 12.5. The van der Waals surface area contributed by atoms with E-state index in [2.05, 4.69) is 4.74 Å². The van der Waals surface area contributed by atoms with Crippen molar-refractivity contribution >= 4 is 17.5 Å². The first-order chi connectivity index (χ1) is 8.61. The van der Waals surface area contributed by atoms with E-state index in [0.717, 1.165) is 24.8 Å². The fraction of sp³-hybridized carbons (Fsp3) is 0.357. The van der Waals surface area contributed by atoms with Crippen LogP contribution in [0.25, 0.3) is 0 Å². The van der Waals surface area contributed by atoms with Gasteiger partial charge >= 0.3 is 5.97 Å². The van der Waals surface area contributed by atoms with Gasteiger partial charge in [0.1, 0.15) is 6.42 Å². The molecule has 0 N–H and O–H groups in total. The van der Waals surface area contributed by atoms with Gasteiger partial charge in [0.25, 0.3) is 0 Å². The highest BCUT2D eigenvalue weighted by Gasteiger charge is 2.21. The van der Waals surface area contributed by atoms with Gasteiger partial charge in [0.2, 0.25) is 11.6 Å². The number of methoxy groups -OCH3 is 1. The number of hydrogen-bond donors (Lipinski definition) is 0. The molecule has 0 radical (unpaired) electrons. The van der Waals surface area contributed by atoms with Crippen LogP contribution in [0.3, 0.4) is 0 Å². The van der Waals surface area contributed by atoms with Gasteiger partial charge in [0.05, 0.1) is 7.11 Å². The Morgan fingerprint density at radius 2 is 1.89 bits per heavy atom. The van der Waals surface area contributed by atoms with Gasteiger partial charge in [-0.1, -0.05) is 12.1 Å². The van der Waals surface area contributed by atoms with E-state index in [1.54, 1.807) is 12.1 Å². The summed E-state index contributed by atoms with van der Waals surface area (Å²) in [7, 11) is 1.19. The first-order valence-electron chi connectivity index (χ1n) is 5.88. The minimum absolute atomic E-state index is 0.365. The lowest BCUT2D eigenvalue weighted by molar-refractivity contribution is -0.142. The van der Waals surface area contributed by atoms with Gasteiger partial charge in [0, 0.05) is 5.56 Å². The number of rotatable bonds is 4. The quantitative estimate of drug-likeness (QED) is 0.349. The Kier molecular flexibility index (Phi) is 3.55. The second-order valence-corrected chi connectivity index (χ2v) is 4.34. The van der Waals surface area contributed by atoms with E-state index in [1.807, 2.05) is 6.07 Å². The van der Waals surface area contributed by atoms with Crippen molar-refractivity contribution in [3.63, 3.8) is 0 Å². The van der Waals surface area contributed by atoms with Crippen LogP contribution in [0.4, 0.5) is 0 Å². The maximum absolute atomic E-state index is 11.8. The molecule has 0 heterocycles. The van der Waals surface area contributed by atoms with Crippen LogP contribution in [0.2, 0.25) is 0 Å². The number of carbonyl (C=O) groups excluding carboxylic acids is 3. The summed E-state index contributed by atoms with van der Waals surface area (Å²) in [6.07, 6.45) is 2.57. The third kappa shape index (κ3) is 2.47. The number of ether oxygens (including phenoxy) is 1. The fourth-order valence-electron chi connectivity index (χ4n) is 2.16. The van der Waals surface area contributed by atoms with Crippen LogP contribution >= 0.6 is 0 Å². The van der Waals surface area contributed by atoms with Crippen molar-refractivity contribution < 1.29 is 19.1 Å². The largest absolute Gasteiger partial charge is 0.469 e. The van der Waals surface area contributed by atoms with Gasteiger partial charge < -0.3 is 4.74 Å². The average Bonchev–Trinajstić information content (AvgIpc) is 2.84. The Morgan fingerprint density at radius 3 is 2.61 bits per heavy atom. The molecule has 94 valence electrons. The molecule has 1 aromatic rings. The molecule has 0 fully saturated rings.